The predicted molar refractivity (Wildman–Crippen MR) is 65.3 cm³/mol. The van der Waals surface area contributed by atoms with Gasteiger partial charge in [-0.2, -0.15) is 0 Å². The number of phenols is 1. The van der Waals surface area contributed by atoms with E-state index in [1.54, 1.807) is 6.07 Å². The van der Waals surface area contributed by atoms with Crippen LogP contribution in [0.15, 0.2) is 18.2 Å². The molecule has 0 aliphatic heterocycles. The maximum atomic E-state index is 9.10. The molecule has 1 aromatic carbocycles. The van der Waals surface area contributed by atoms with Crippen molar-refractivity contribution in [3.05, 3.63) is 29.3 Å². The molecule has 0 saturated heterocycles. The van der Waals surface area contributed by atoms with Crippen LogP contribution in [0.4, 0.5) is 0 Å². The summed E-state index contributed by atoms with van der Waals surface area (Å²) in [6.45, 7) is 3.89. The quantitative estimate of drug-likeness (QED) is 0.422. The average Bonchev–Trinajstić information content (AvgIpc) is 1.97. The number of thiol groups is 1. The third-order valence-corrected chi connectivity index (χ3v) is 1.58. The first-order chi connectivity index (χ1) is 6.22. The van der Waals surface area contributed by atoms with Gasteiger partial charge >= 0.3 is 0 Å². The first-order valence-electron chi connectivity index (χ1n) is 3.75. The Balaban J connectivity index is 0.000000292. The topological polar surface area (TPSA) is 60.7 Å². The molecule has 0 aromatic heterocycles. The van der Waals surface area contributed by atoms with Crippen molar-refractivity contribution in [2.45, 2.75) is 13.8 Å². The smallest absolute Gasteiger partial charge is 0.239 e. The molecule has 80 valence electrons. The van der Waals surface area contributed by atoms with Crippen LogP contribution < -0.4 is 0 Å². The van der Waals surface area contributed by atoms with Crippen molar-refractivity contribution in [2.24, 2.45) is 0 Å². The highest BCUT2D eigenvalue weighted by Crippen LogP contribution is 2.39. The average molecular weight is 252 g/mol. The molecular formula is C8H13O3PS2. The second-order valence-electron chi connectivity index (χ2n) is 2.73. The van der Waals surface area contributed by atoms with Crippen LogP contribution in [0.2, 0.25) is 0 Å². The van der Waals surface area contributed by atoms with Crippen molar-refractivity contribution in [3.8, 4) is 5.75 Å². The van der Waals surface area contributed by atoms with E-state index >= 15 is 0 Å². The van der Waals surface area contributed by atoms with Crippen molar-refractivity contribution in [2.75, 3.05) is 0 Å². The van der Waals surface area contributed by atoms with Crippen LogP contribution in [-0.2, 0) is 11.8 Å². The van der Waals surface area contributed by atoms with Crippen LogP contribution in [-0.4, -0.2) is 14.9 Å². The number of aryl methyl sites for hydroxylation is 1. The second kappa shape index (κ2) is 5.73. The van der Waals surface area contributed by atoms with Gasteiger partial charge in [0.15, 0.2) is 0 Å². The molecule has 0 saturated carbocycles. The van der Waals surface area contributed by atoms with E-state index in [4.69, 9.17) is 14.9 Å². The largest absolute Gasteiger partial charge is 0.508 e. The molecule has 0 radical (unpaired) electrons. The Morgan fingerprint density at radius 2 is 1.71 bits per heavy atom. The number of aromatic hydroxyl groups is 1. The van der Waals surface area contributed by atoms with Crippen molar-refractivity contribution in [1.29, 1.82) is 0 Å². The summed E-state index contributed by atoms with van der Waals surface area (Å²) in [4.78, 5) is 15.7. The van der Waals surface area contributed by atoms with Crippen molar-refractivity contribution >= 4 is 29.7 Å². The molecule has 6 heteroatoms. The van der Waals surface area contributed by atoms with Gasteiger partial charge in [-0.3, -0.25) is 0 Å². The zero-order valence-electron chi connectivity index (χ0n) is 7.88. The molecule has 0 bridgehead atoms. The van der Waals surface area contributed by atoms with Crippen molar-refractivity contribution < 1.29 is 14.9 Å². The fraction of sp³-hybridized carbons (Fsp3) is 0.250. The van der Waals surface area contributed by atoms with Gasteiger partial charge in [0, 0.05) is 0 Å². The summed E-state index contributed by atoms with van der Waals surface area (Å²) in [6, 6.07) is 5.52. The fourth-order valence-corrected chi connectivity index (χ4v) is 0.736. The lowest BCUT2D eigenvalue weighted by Gasteiger charge is -1.99. The molecule has 0 fully saturated rings. The van der Waals surface area contributed by atoms with E-state index in [1.165, 1.54) is 0 Å². The van der Waals surface area contributed by atoms with Crippen molar-refractivity contribution in [1.82, 2.24) is 0 Å². The molecule has 0 aliphatic carbocycles. The summed E-state index contributed by atoms with van der Waals surface area (Å²) in [5.41, 5.74) is -1.01. The molecular weight excluding hydrogens is 239 g/mol. The van der Waals surface area contributed by atoms with Gasteiger partial charge in [0.25, 0.3) is 0 Å². The lowest BCUT2D eigenvalue weighted by Crippen LogP contribution is -1.78. The van der Waals surface area contributed by atoms with Crippen LogP contribution in [0, 0.1) is 13.8 Å². The van der Waals surface area contributed by atoms with Crippen molar-refractivity contribution in [3.63, 3.8) is 0 Å². The van der Waals surface area contributed by atoms with Crippen LogP contribution in [0.25, 0.3) is 0 Å². The normalized spacial score (nSPS) is 10.4. The Labute approximate surface area is 93.7 Å². The number of phenolic OH excluding ortho intramolecular Hbond substituents is 1. The van der Waals surface area contributed by atoms with E-state index < -0.39 is 5.69 Å². The van der Waals surface area contributed by atoms with E-state index in [0.717, 1.165) is 11.1 Å². The van der Waals surface area contributed by atoms with E-state index in [0.29, 0.717) is 5.75 Å². The maximum Gasteiger partial charge on any atom is 0.239 e. The number of benzene rings is 1. The molecule has 3 nitrogen and oxygen atoms in total. The summed E-state index contributed by atoms with van der Waals surface area (Å²) in [7, 11) is 0. The molecule has 0 atom stereocenters. The highest BCUT2D eigenvalue weighted by Gasteiger charge is 1.94. The van der Waals surface area contributed by atoms with Gasteiger partial charge < -0.3 is 14.9 Å². The molecule has 0 amide bonds. The Morgan fingerprint density at radius 1 is 1.29 bits per heavy atom. The standard InChI is InChI=1S/C8H10O.H3O2PS2/c1-6-4-3-5-8(9)7(6)2;1-3(2,4)5/h3-5,9H,1-2H3;(H3,1,2,4,5). The van der Waals surface area contributed by atoms with Gasteiger partial charge in [0.1, 0.15) is 5.75 Å². The molecule has 1 rings (SSSR count). The fourth-order valence-electron chi connectivity index (χ4n) is 0.736. The molecule has 0 spiro atoms. The first-order valence-corrected chi connectivity index (χ1v) is 7.61. The zero-order chi connectivity index (χ0) is 11.4. The Morgan fingerprint density at radius 3 is 2.00 bits per heavy atom. The summed E-state index contributed by atoms with van der Waals surface area (Å²) in [5, 5.41) is 9.10. The van der Waals surface area contributed by atoms with E-state index in [9.17, 15) is 0 Å². The van der Waals surface area contributed by atoms with Gasteiger partial charge in [0.05, 0.1) is 0 Å². The maximum absolute atomic E-state index is 9.10. The van der Waals surface area contributed by atoms with Crippen LogP contribution >= 0.6 is 17.9 Å². The third kappa shape index (κ3) is 7.35. The van der Waals surface area contributed by atoms with Gasteiger partial charge in [-0.25, -0.2) is 0 Å². The van der Waals surface area contributed by atoms with E-state index in [-0.39, 0.29) is 0 Å². The highest BCUT2D eigenvalue weighted by molar-refractivity contribution is 8.59. The van der Waals surface area contributed by atoms with Gasteiger partial charge in [-0.1, -0.05) is 24.4 Å². The molecule has 0 heterocycles. The van der Waals surface area contributed by atoms with Crippen LogP contribution in [0.1, 0.15) is 11.1 Å². The lowest BCUT2D eigenvalue weighted by molar-refractivity contribution is 0.470. The number of hydrogen-bond donors (Lipinski definition) is 4. The molecule has 1 aromatic rings. The zero-order valence-corrected chi connectivity index (χ0v) is 10.5. The molecule has 14 heavy (non-hydrogen) atoms. The Bertz CT molecular complexity index is 320. The molecule has 3 N–H and O–H groups in total. The van der Waals surface area contributed by atoms with Crippen LogP contribution in [0.3, 0.4) is 0 Å². The first kappa shape index (κ1) is 13.9. The second-order valence-corrected chi connectivity index (χ2v) is 7.77. The van der Waals surface area contributed by atoms with E-state index in [2.05, 4.69) is 24.1 Å². The van der Waals surface area contributed by atoms with Gasteiger partial charge in [0.2, 0.25) is 5.69 Å². The minimum absolute atomic E-state index is 0.384. The van der Waals surface area contributed by atoms with Gasteiger partial charge in [-0.15, -0.1) is 0 Å². The minimum atomic E-state index is -3.11. The summed E-state index contributed by atoms with van der Waals surface area (Å²) in [5.74, 6) is 0.384. The van der Waals surface area contributed by atoms with E-state index in [1.807, 2.05) is 26.0 Å². The summed E-state index contributed by atoms with van der Waals surface area (Å²) >= 11 is 7.07. The predicted octanol–water partition coefficient (Wildman–Crippen LogP) is 2.13. The number of rotatable bonds is 0. The minimum Gasteiger partial charge on any atom is -0.508 e. The summed E-state index contributed by atoms with van der Waals surface area (Å²) in [6.07, 6.45) is 0. The SMILES string of the molecule is Cc1cccc(O)c1C.OP(O)(=S)S. The Kier molecular flexibility index (Phi) is 5.71. The monoisotopic (exact) mass is 252 g/mol. The Hall–Kier alpha value is -0.0600. The lowest BCUT2D eigenvalue weighted by atomic mass is 10.1. The molecule has 0 aliphatic rings. The van der Waals surface area contributed by atoms with Crippen LogP contribution in [0.5, 0.6) is 5.75 Å². The third-order valence-electron chi connectivity index (χ3n) is 1.58. The highest BCUT2D eigenvalue weighted by atomic mass is 32.9. The number of hydrogen-bond acceptors (Lipinski definition) is 2. The summed E-state index contributed by atoms with van der Waals surface area (Å²) < 4.78 is 0. The van der Waals surface area contributed by atoms with Gasteiger partial charge in [-0.05, 0) is 42.8 Å². The molecule has 0 unspecified atom stereocenters.